The summed E-state index contributed by atoms with van der Waals surface area (Å²) in [6, 6.07) is 64.8. The Labute approximate surface area is 771 Å². The number of nitrogens with zero attached hydrogens (tertiary/aromatic N) is 8. The summed E-state index contributed by atoms with van der Waals surface area (Å²) in [7, 11) is 1.32. The monoisotopic (exact) mass is 1810 g/mol. The lowest BCUT2D eigenvalue weighted by atomic mass is 9.88. The summed E-state index contributed by atoms with van der Waals surface area (Å²) in [5.41, 5.74) is 34.3. The Morgan fingerprint density at radius 1 is 0.370 bits per heavy atom. The van der Waals surface area contributed by atoms with Crippen molar-refractivity contribution in [3.8, 4) is 33.4 Å². The standard InChI is InChI=1S/C37H41ClN4O2.C29H39ClN4.C26H32ClN3.C10H8ClNO4S.H4N2/c1-26-24-40-20-17-31(26)28-11-7-13-30(23-28)37(3,4)41(25-29-12-8-16-34(38)27(29)2)21-9-18-39-19-10-22-42-35(43)32-14-5-6-15-33(32)36(42)44;1-22-20-33-17-13-27(22)24-9-5-11-26(19-24)29(3,4)34(18-8-16-32-15-7-14-31)21-25-10-6-12-28(30)23(25)2;1-19-17-29-14-12-24(19)21-8-5-10-23(16-21)26(3,4)30(15-7-13-28)18-22-9-6-11-25(27)20(22)2;11-17(15,16)6-5-12-9(13)7-3-1-2-4-8(7)10(12)14;1-2/h5-8,11-17,20,23-24,39H,9-10,18-19,21-22,25H2,1-4H3;5-6,9-13,17,19-20,32H,7-8,14-16,18,21,31H2,1-4H3;5-6,8-12,14,16-17H,7,13,15,18,28H2,1-4H3;1-4H,5-6H2;1-2H2. The van der Waals surface area contributed by atoms with Gasteiger partial charge >= 0.3 is 0 Å². The first-order valence-electron chi connectivity index (χ1n) is 43.3. The van der Waals surface area contributed by atoms with Gasteiger partial charge in [-0.25, -0.2) is 8.42 Å². The Kier molecular flexibility index (Phi) is 38.2. The Morgan fingerprint density at radius 3 is 0.969 bits per heavy atom. The van der Waals surface area contributed by atoms with Gasteiger partial charge in [-0.2, -0.15) is 0 Å². The summed E-state index contributed by atoms with van der Waals surface area (Å²) in [4.78, 5) is 71.5. The summed E-state index contributed by atoms with van der Waals surface area (Å²) in [6.07, 6.45) is 16.0. The molecule has 127 heavy (non-hydrogen) atoms. The van der Waals surface area contributed by atoms with E-state index in [0.29, 0.717) is 41.8 Å². The number of aromatic nitrogens is 3. The van der Waals surface area contributed by atoms with Gasteiger partial charge in [0.1, 0.15) is 0 Å². The highest BCUT2D eigenvalue weighted by Gasteiger charge is 2.38. The van der Waals surface area contributed by atoms with Crippen molar-refractivity contribution >= 4 is 78.2 Å². The minimum Gasteiger partial charge on any atom is -0.330 e. The fourth-order valence-electron chi connectivity index (χ4n) is 15.9. The number of nitrogens with two attached hydrogens (primary N) is 4. The second-order valence-corrected chi connectivity index (χ2v) is 37.6. The molecule has 672 valence electrons. The molecule has 10 N–H and O–H groups in total. The van der Waals surface area contributed by atoms with Crippen LogP contribution in [0.15, 0.2) is 231 Å². The number of rotatable bonds is 36. The highest BCUT2D eigenvalue weighted by Crippen LogP contribution is 2.39. The first-order chi connectivity index (χ1) is 60.8. The third kappa shape index (κ3) is 27.0. The van der Waals surface area contributed by atoms with Crippen LogP contribution >= 0.6 is 45.5 Å². The number of carbonyl (C=O) groups is 4. The lowest BCUT2D eigenvalue weighted by molar-refractivity contribution is 0.0641. The zero-order chi connectivity index (χ0) is 92.2. The number of benzene rings is 8. The number of fused-ring (bicyclic) bond motifs is 2. The van der Waals surface area contributed by atoms with Gasteiger partial charge in [0.05, 0.1) is 28.0 Å². The zero-order valence-corrected chi connectivity index (χ0v) is 79.2. The van der Waals surface area contributed by atoms with Crippen LogP contribution in [0.1, 0.15) is 182 Å². The molecule has 0 aliphatic carbocycles. The van der Waals surface area contributed by atoms with Gasteiger partial charge in [-0.15, -0.1) is 0 Å². The molecule has 5 heterocycles. The van der Waals surface area contributed by atoms with E-state index in [4.69, 9.17) is 57.0 Å². The number of nitrogens with one attached hydrogen (secondary N) is 2. The second-order valence-electron chi connectivity index (χ2n) is 33.5. The summed E-state index contributed by atoms with van der Waals surface area (Å²) >= 11 is 19.4. The summed E-state index contributed by atoms with van der Waals surface area (Å²) in [6.45, 7) is 36.8. The van der Waals surface area contributed by atoms with Crippen molar-refractivity contribution in [1.82, 2.24) is 50.1 Å². The van der Waals surface area contributed by atoms with Gasteiger partial charge in [-0.3, -0.25) is 70.3 Å². The fourth-order valence-corrected chi connectivity index (χ4v) is 17.1. The minimum atomic E-state index is -3.72. The van der Waals surface area contributed by atoms with E-state index < -0.39 is 26.6 Å². The van der Waals surface area contributed by atoms with Crippen LogP contribution in [0.25, 0.3) is 33.4 Å². The predicted molar refractivity (Wildman–Crippen MR) is 521 cm³/mol. The van der Waals surface area contributed by atoms with E-state index in [-0.39, 0.29) is 35.0 Å². The van der Waals surface area contributed by atoms with Crippen molar-refractivity contribution in [2.75, 3.05) is 77.7 Å². The Hall–Kier alpha value is -9.76. The van der Waals surface area contributed by atoms with Crippen LogP contribution in [0.2, 0.25) is 15.1 Å². The van der Waals surface area contributed by atoms with Gasteiger partial charge in [0.2, 0.25) is 9.05 Å². The molecule has 11 aromatic rings. The van der Waals surface area contributed by atoms with Crippen LogP contribution in [0.4, 0.5) is 0 Å². The van der Waals surface area contributed by atoms with Crippen LogP contribution in [0.3, 0.4) is 0 Å². The molecule has 25 heteroatoms. The molecule has 20 nitrogen and oxygen atoms in total. The number of halogens is 4. The maximum Gasteiger partial charge on any atom is 0.261 e. The van der Waals surface area contributed by atoms with E-state index in [1.54, 1.807) is 36.4 Å². The number of hydrazine groups is 1. The average Bonchev–Trinajstić information content (AvgIpc) is 1.58. The molecule has 2 aliphatic heterocycles. The average molecular weight is 1820 g/mol. The van der Waals surface area contributed by atoms with Gasteiger partial charge in [0, 0.05) is 132 Å². The highest BCUT2D eigenvalue weighted by atomic mass is 35.7. The minimum absolute atomic E-state index is 0.164. The normalized spacial score (nSPS) is 12.6. The molecule has 0 bridgehead atoms. The van der Waals surface area contributed by atoms with E-state index >= 15 is 0 Å². The molecule has 0 fully saturated rings. The molecule has 2 aliphatic rings. The van der Waals surface area contributed by atoms with Gasteiger partial charge in [0.25, 0.3) is 23.6 Å². The quantitative estimate of drug-likeness (QED) is 0.00699. The van der Waals surface area contributed by atoms with Crippen LogP contribution < -0.4 is 33.8 Å². The van der Waals surface area contributed by atoms with E-state index in [1.165, 1.54) is 94.9 Å². The van der Waals surface area contributed by atoms with Crippen molar-refractivity contribution in [2.24, 2.45) is 23.2 Å². The summed E-state index contributed by atoms with van der Waals surface area (Å²) < 4.78 is 21.6. The van der Waals surface area contributed by atoms with Gasteiger partial charge in [-0.05, 0) is 333 Å². The Morgan fingerprint density at radius 2 is 0.661 bits per heavy atom. The third-order valence-electron chi connectivity index (χ3n) is 24.1. The van der Waals surface area contributed by atoms with E-state index in [2.05, 4.69) is 250 Å². The molecule has 3 aromatic heterocycles. The molecular formula is C102H124Cl4N14O6S. The zero-order valence-electron chi connectivity index (χ0n) is 75.3. The van der Waals surface area contributed by atoms with Crippen LogP contribution in [0, 0.1) is 41.5 Å². The van der Waals surface area contributed by atoms with Crippen molar-refractivity contribution in [3.63, 3.8) is 0 Å². The first-order valence-corrected chi connectivity index (χ1v) is 46.9. The van der Waals surface area contributed by atoms with Crippen LogP contribution in [-0.2, 0) is 45.3 Å². The largest absolute Gasteiger partial charge is 0.330 e. The van der Waals surface area contributed by atoms with E-state index in [0.717, 1.165) is 140 Å². The number of aryl methyl sites for hydroxylation is 3. The molecule has 8 aromatic carbocycles. The molecule has 4 amide bonds. The number of pyridine rings is 3. The fraction of sp³-hybridized carbons (Fsp3) is 0.343. The lowest BCUT2D eigenvalue weighted by Crippen LogP contribution is -2.42. The van der Waals surface area contributed by atoms with E-state index in [9.17, 15) is 27.6 Å². The van der Waals surface area contributed by atoms with Crippen molar-refractivity contribution < 1.29 is 27.6 Å². The van der Waals surface area contributed by atoms with E-state index in [1.807, 2.05) is 67.5 Å². The molecule has 0 atom stereocenters. The van der Waals surface area contributed by atoms with Crippen LogP contribution in [-0.4, -0.2) is 149 Å². The maximum absolute atomic E-state index is 12.6. The lowest BCUT2D eigenvalue weighted by Gasteiger charge is -2.40. The van der Waals surface area contributed by atoms with Crippen molar-refractivity contribution in [2.45, 2.75) is 151 Å². The number of amides is 4. The van der Waals surface area contributed by atoms with Crippen molar-refractivity contribution in [3.05, 3.63) is 335 Å². The SMILES string of the molecule is Cc1cnccc1-c1cccc(C(C)(C)N(CCCN)Cc2cccc(Cl)c2C)c1.Cc1cnccc1-c1cccc(C(C)(C)N(CCCNCCCN)Cc2cccc(Cl)c2C)c1.Cc1cnccc1-c1cccc(C(C)(C)N(CCCNCCCN2C(=O)c3ccccc3C2=O)Cc2cccc(Cl)c2C)c1.NN.O=C1c2ccccc2C(=O)N1CCS(=O)(=O)Cl. The molecule has 0 saturated carbocycles. The number of hydrogen-bond acceptors (Lipinski definition) is 18. The number of imide groups is 2. The van der Waals surface area contributed by atoms with Gasteiger partial charge in [-0.1, -0.05) is 150 Å². The Bertz CT molecular complexity index is 5590. The summed E-state index contributed by atoms with van der Waals surface area (Å²) in [5.74, 6) is 6.21. The summed E-state index contributed by atoms with van der Waals surface area (Å²) in [5, 5.41) is 9.48. The smallest absolute Gasteiger partial charge is 0.261 e. The molecule has 0 spiro atoms. The third-order valence-corrected chi connectivity index (χ3v) is 26.5. The van der Waals surface area contributed by atoms with Crippen molar-refractivity contribution in [1.29, 1.82) is 0 Å². The topological polar surface area (TPSA) is 285 Å². The highest BCUT2D eigenvalue weighted by molar-refractivity contribution is 8.13. The van der Waals surface area contributed by atoms with Crippen LogP contribution in [0.5, 0.6) is 0 Å². The second kappa shape index (κ2) is 48.0. The first kappa shape index (κ1) is 101. The Balaban J connectivity index is 0.000000198. The number of carbonyl (C=O) groups excluding carboxylic acids is 4. The number of hydrogen-bond donors (Lipinski definition) is 6. The molecule has 13 rings (SSSR count). The molecule has 0 radical (unpaired) electrons. The van der Waals surface area contributed by atoms with Gasteiger partial charge < -0.3 is 22.1 Å². The predicted octanol–water partition coefficient (Wildman–Crippen LogP) is 19.3. The molecular weight excluding hydrogens is 1690 g/mol. The van der Waals surface area contributed by atoms with Gasteiger partial charge in [0.15, 0.2) is 0 Å². The molecule has 0 unspecified atom stereocenters. The molecule has 0 saturated heterocycles. The maximum atomic E-state index is 12.6.